The second kappa shape index (κ2) is 8.02. The van der Waals surface area contributed by atoms with E-state index in [1.54, 1.807) is 11.3 Å². The van der Waals surface area contributed by atoms with Crippen LogP contribution in [0.1, 0.15) is 48.5 Å². The van der Waals surface area contributed by atoms with Crippen LogP contribution in [0.3, 0.4) is 0 Å². The predicted molar refractivity (Wildman–Crippen MR) is 131 cm³/mol. The number of aliphatic hydroxyl groups is 1. The van der Waals surface area contributed by atoms with Crippen LogP contribution in [0.15, 0.2) is 24.5 Å². The van der Waals surface area contributed by atoms with Crippen LogP contribution in [-0.2, 0) is 4.74 Å². The number of nitrogens with zero attached hydrogens (tertiary/aromatic N) is 3. The van der Waals surface area contributed by atoms with E-state index >= 15 is 0 Å². The predicted octanol–water partition coefficient (Wildman–Crippen LogP) is 4.31. The molecule has 3 aliphatic rings. The molecule has 1 saturated heterocycles. The van der Waals surface area contributed by atoms with Gasteiger partial charge in [0.1, 0.15) is 10.6 Å². The molecule has 3 N–H and O–H groups in total. The molecule has 2 saturated carbocycles. The van der Waals surface area contributed by atoms with Gasteiger partial charge >= 0.3 is 5.97 Å². The number of aliphatic hydroxyl groups excluding tert-OH is 1. The number of carbonyl (C=O) groups is 1. The number of hydrogen-bond donors (Lipinski definition) is 2. The lowest BCUT2D eigenvalue weighted by molar-refractivity contribution is 0.0603. The molecule has 3 aromatic rings. The van der Waals surface area contributed by atoms with Crippen molar-refractivity contribution < 1.29 is 14.6 Å². The zero-order valence-electron chi connectivity index (χ0n) is 18.9. The maximum absolute atomic E-state index is 12.7. The summed E-state index contributed by atoms with van der Waals surface area (Å²) in [6.07, 6.45) is 8.29. The monoisotopic (exact) mass is 466 g/mol. The van der Waals surface area contributed by atoms with Gasteiger partial charge in [-0.15, -0.1) is 11.3 Å². The van der Waals surface area contributed by atoms with E-state index in [9.17, 15) is 9.90 Å². The summed E-state index contributed by atoms with van der Waals surface area (Å²) in [6, 6.07) is 6.85. The summed E-state index contributed by atoms with van der Waals surface area (Å²) < 4.78 is 7.42. The summed E-state index contributed by atoms with van der Waals surface area (Å²) in [5.41, 5.74) is 10.6. The van der Waals surface area contributed by atoms with E-state index in [1.807, 2.05) is 6.33 Å². The van der Waals surface area contributed by atoms with Crippen molar-refractivity contribution in [2.24, 2.45) is 17.8 Å². The number of nitrogen functional groups attached to an aromatic ring is 1. The Morgan fingerprint density at radius 2 is 2.00 bits per heavy atom. The molecule has 33 heavy (non-hydrogen) atoms. The number of benzene rings is 1. The van der Waals surface area contributed by atoms with Gasteiger partial charge in [0.15, 0.2) is 0 Å². The van der Waals surface area contributed by atoms with Gasteiger partial charge in [0.25, 0.3) is 0 Å². The third kappa shape index (κ3) is 3.34. The molecule has 1 aliphatic heterocycles. The number of esters is 1. The smallest absolute Gasteiger partial charge is 0.343 e. The van der Waals surface area contributed by atoms with E-state index in [-0.39, 0.29) is 6.61 Å². The highest BCUT2D eigenvalue weighted by molar-refractivity contribution is 7.20. The summed E-state index contributed by atoms with van der Waals surface area (Å²) in [6.45, 7) is 1.95. The Morgan fingerprint density at radius 1 is 1.24 bits per heavy atom. The number of rotatable bonds is 5. The molecular formula is C25H30N4O3S. The molecule has 2 unspecified atom stereocenters. The van der Waals surface area contributed by atoms with Crippen LogP contribution in [0.25, 0.3) is 21.5 Å². The number of piperidine rings is 1. The number of imidazole rings is 1. The Morgan fingerprint density at radius 3 is 2.70 bits per heavy atom. The third-order valence-corrected chi connectivity index (χ3v) is 9.31. The van der Waals surface area contributed by atoms with Crippen molar-refractivity contribution in [3.8, 4) is 10.4 Å². The van der Waals surface area contributed by atoms with Crippen molar-refractivity contribution in [2.45, 2.75) is 38.1 Å². The van der Waals surface area contributed by atoms with Gasteiger partial charge in [0.2, 0.25) is 0 Å². The molecule has 3 heterocycles. The first kappa shape index (κ1) is 21.0. The number of fused-ring (bicyclic) bond motifs is 2. The fourth-order valence-corrected chi connectivity index (χ4v) is 7.30. The number of hydrogen-bond acceptors (Lipinski definition) is 7. The molecule has 1 aromatic carbocycles. The van der Waals surface area contributed by atoms with Crippen LogP contribution >= 0.6 is 11.3 Å². The highest BCUT2D eigenvalue weighted by Crippen LogP contribution is 2.55. The number of thiophene rings is 1. The Hall–Kier alpha value is -2.58. The first-order chi connectivity index (χ1) is 16.1. The number of carbonyl (C=O) groups excluding carboxylic acids is 1. The molecule has 2 aliphatic carbocycles. The Balaban J connectivity index is 1.36. The minimum atomic E-state index is -0.396. The average Bonchev–Trinajstić information content (AvgIpc) is 3.22. The van der Waals surface area contributed by atoms with Gasteiger partial charge in [-0.2, -0.15) is 0 Å². The van der Waals surface area contributed by atoms with E-state index in [0.717, 1.165) is 39.6 Å². The fourth-order valence-electron chi connectivity index (χ4n) is 6.08. The van der Waals surface area contributed by atoms with E-state index < -0.39 is 5.97 Å². The molecule has 0 amide bonds. The fraction of sp³-hybridized carbons (Fsp3) is 0.520. The Labute approximate surface area is 197 Å². The number of aromatic nitrogens is 2. The summed E-state index contributed by atoms with van der Waals surface area (Å²) in [7, 11) is 1.40. The van der Waals surface area contributed by atoms with Crippen LogP contribution in [-0.4, -0.2) is 47.4 Å². The number of anilines is 2. The molecule has 0 radical (unpaired) electrons. The maximum atomic E-state index is 12.7. The third-order valence-electron chi connectivity index (χ3n) is 7.99. The van der Waals surface area contributed by atoms with Crippen LogP contribution in [0.4, 0.5) is 10.7 Å². The molecule has 3 fully saturated rings. The van der Waals surface area contributed by atoms with Crippen LogP contribution in [0, 0.1) is 17.8 Å². The largest absolute Gasteiger partial charge is 0.465 e. The number of methoxy groups -OCH3 is 1. The molecule has 8 heteroatoms. The van der Waals surface area contributed by atoms with E-state index in [0.29, 0.717) is 35.0 Å². The molecule has 2 atom stereocenters. The molecule has 174 valence electrons. The Kier molecular flexibility index (Phi) is 5.10. The van der Waals surface area contributed by atoms with Gasteiger partial charge in [0, 0.05) is 25.7 Å². The van der Waals surface area contributed by atoms with Crippen molar-refractivity contribution in [3.63, 3.8) is 0 Å². The lowest BCUT2D eigenvalue weighted by Crippen LogP contribution is -2.25. The minimum absolute atomic E-state index is 0.248. The summed E-state index contributed by atoms with van der Waals surface area (Å²) >= 11 is 1.56. The Bertz CT molecular complexity index is 1200. The topological polar surface area (TPSA) is 93.6 Å². The van der Waals surface area contributed by atoms with E-state index in [1.165, 1.54) is 39.2 Å². The molecule has 2 aromatic heterocycles. The zero-order chi connectivity index (χ0) is 22.7. The molecule has 0 bridgehead atoms. The van der Waals surface area contributed by atoms with Crippen LogP contribution in [0.2, 0.25) is 0 Å². The SMILES string of the molecule is COC(=O)c1c(N2CC3C(CO)C3C2)sc(-c2ccc3c(c2)ncn3C2CCCCC2)c1N. The maximum Gasteiger partial charge on any atom is 0.343 e. The first-order valence-electron chi connectivity index (χ1n) is 11.9. The molecular weight excluding hydrogens is 436 g/mol. The minimum Gasteiger partial charge on any atom is -0.465 e. The average molecular weight is 467 g/mol. The van der Waals surface area contributed by atoms with Crippen LogP contribution in [0.5, 0.6) is 0 Å². The van der Waals surface area contributed by atoms with E-state index in [4.69, 9.17) is 15.5 Å². The molecule has 0 spiro atoms. The molecule has 6 rings (SSSR count). The standard InChI is InChI=1S/C25H30N4O3S/c1-32-25(31)21-22(26)23(33-24(21)28-10-16-17(11-28)18(16)12-30)14-7-8-20-19(9-14)27-13-29(20)15-5-3-2-4-6-15/h7-9,13,15-18,30H,2-6,10-12,26H2,1H3. The second-order valence-corrected chi connectivity index (χ2v) is 10.7. The quantitative estimate of drug-likeness (QED) is 0.544. The lowest BCUT2D eigenvalue weighted by Gasteiger charge is -2.23. The normalized spacial score (nSPS) is 24.9. The van der Waals surface area contributed by atoms with Gasteiger partial charge in [-0.3, -0.25) is 0 Å². The van der Waals surface area contributed by atoms with Gasteiger partial charge in [-0.25, -0.2) is 9.78 Å². The van der Waals surface area contributed by atoms with Crippen molar-refractivity contribution in [1.29, 1.82) is 0 Å². The first-order valence-corrected chi connectivity index (χ1v) is 12.8. The van der Waals surface area contributed by atoms with E-state index in [2.05, 4.69) is 27.7 Å². The summed E-state index contributed by atoms with van der Waals surface area (Å²) in [5, 5.41) is 10.4. The zero-order valence-corrected chi connectivity index (χ0v) is 19.7. The lowest BCUT2D eigenvalue weighted by atomic mass is 9.95. The molecule has 7 nitrogen and oxygen atoms in total. The van der Waals surface area contributed by atoms with Crippen molar-refractivity contribution in [2.75, 3.05) is 37.4 Å². The highest BCUT2D eigenvalue weighted by atomic mass is 32.1. The van der Waals surface area contributed by atoms with Crippen molar-refractivity contribution in [3.05, 3.63) is 30.1 Å². The number of nitrogens with two attached hydrogens (primary N) is 1. The highest BCUT2D eigenvalue weighted by Gasteiger charge is 2.55. The van der Waals surface area contributed by atoms with Crippen molar-refractivity contribution in [1.82, 2.24) is 9.55 Å². The second-order valence-electron chi connectivity index (χ2n) is 9.74. The van der Waals surface area contributed by atoms with Gasteiger partial charge in [-0.05, 0) is 48.3 Å². The van der Waals surface area contributed by atoms with Crippen molar-refractivity contribution >= 4 is 39.0 Å². The number of ether oxygens (including phenoxy) is 1. The van der Waals surface area contributed by atoms with Gasteiger partial charge in [0.05, 0.1) is 35.0 Å². The summed E-state index contributed by atoms with van der Waals surface area (Å²) in [5.74, 6) is 1.02. The summed E-state index contributed by atoms with van der Waals surface area (Å²) in [4.78, 5) is 20.5. The van der Waals surface area contributed by atoms with Crippen LogP contribution < -0.4 is 10.6 Å². The van der Waals surface area contributed by atoms with Gasteiger partial charge in [-0.1, -0.05) is 25.3 Å². The van der Waals surface area contributed by atoms with Gasteiger partial charge < -0.3 is 25.0 Å².